The monoisotopic (exact) mass is 442 g/mol. The largest absolute Gasteiger partial charge is 0.340 e. The van der Waals surface area contributed by atoms with E-state index in [-0.39, 0.29) is 0 Å². The average Bonchev–Trinajstić information content (AvgIpc) is 2.97. The topological polar surface area (TPSA) is 17.0 Å². The average molecular weight is 444 g/mol. The van der Waals surface area contributed by atoms with E-state index in [1.54, 1.807) is 6.07 Å². The molecule has 1 heterocycles. The number of para-hydroxylation sites is 1. The zero-order valence-electron chi connectivity index (χ0n) is 16.1. The van der Waals surface area contributed by atoms with Gasteiger partial charge in [0.25, 0.3) is 0 Å². The molecule has 0 aliphatic heterocycles. The van der Waals surface area contributed by atoms with Crippen molar-refractivity contribution in [2.75, 3.05) is 0 Å². The smallest absolute Gasteiger partial charge is 0.0493 e. The second kappa shape index (κ2) is 8.81. The van der Waals surface area contributed by atoms with Crippen LogP contribution in [0.4, 0.5) is 0 Å². The molecule has 0 saturated heterocycles. The number of fused-ring (bicyclic) bond motifs is 1. The molecule has 4 rings (SSSR count). The van der Waals surface area contributed by atoms with Crippen molar-refractivity contribution in [2.24, 2.45) is 0 Å². The molecule has 0 aliphatic carbocycles. The van der Waals surface area contributed by atoms with Crippen LogP contribution in [-0.2, 0) is 19.6 Å². The van der Waals surface area contributed by atoms with Gasteiger partial charge in [0.2, 0.25) is 0 Å². The summed E-state index contributed by atoms with van der Waals surface area (Å²) in [7, 11) is 0. The van der Waals surface area contributed by atoms with E-state index in [4.69, 9.17) is 34.8 Å². The van der Waals surface area contributed by atoms with E-state index in [1.807, 2.05) is 36.4 Å². The molecule has 0 aliphatic rings. The van der Waals surface area contributed by atoms with E-state index in [0.29, 0.717) is 16.6 Å². The summed E-state index contributed by atoms with van der Waals surface area (Å²) in [5.41, 5.74) is 5.87. The minimum absolute atomic E-state index is 0.650. The van der Waals surface area contributed by atoms with Crippen molar-refractivity contribution in [1.82, 2.24) is 9.88 Å². The number of nitrogens with one attached hydrogen (secondary N) is 1. The summed E-state index contributed by atoms with van der Waals surface area (Å²) in [4.78, 5) is 0. The van der Waals surface area contributed by atoms with Gasteiger partial charge >= 0.3 is 0 Å². The lowest BCUT2D eigenvalue weighted by atomic mass is 10.1. The van der Waals surface area contributed by atoms with Crippen molar-refractivity contribution in [2.45, 2.75) is 26.6 Å². The van der Waals surface area contributed by atoms with E-state index in [9.17, 15) is 0 Å². The highest BCUT2D eigenvalue weighted by Gasteiger charge is 2.15. The number of hydrogen-bond acceptors (Lipinski definition) is 1. The summed E-state index contributed by atoms with van der Waals surface area (Å²) in [6.45, 7) is 4.35. The number of rotatable bonds is 6. The Morgan fingerprint density at radius 1 is 0.793 bits per heavy atom. The molecule has 1 N–H and O–H groups in total. The van der Waals surface area contributed by atoms with Crippen LogP contribution in [0.3, 0.4) is 0 Å². The fourth-order valence-corrected chi connectivity index (χ4v) is 4.38. The summed E-state index contributed by atoms with van der Waals surface area (Å²) < 4.78 is 2.32. The van der Waals surface area contributed by atoms with Crippen LogP contribution in [0.2, 0.25) is 15.1 Å². The van der Waals surface area contributed by atoms with Gasteiger partial charge in [0.15, 0.2) is 0 Å². The van der Waals surface area contributed by atoms with E-state index in [2.05, 4.69) is 41.1 Å². The minimum atomic E-state index is 0.650. The van der Waals surface area contributed by atoms with E-state index >= 15 is 0 Å². The number of halogens is 3. The van der Waals surface area contributed by atoms with Crippen molar-refractivity contribution in [1.29, 1.82) is 0 Å². The lowest BCUT2D eigenvalue weighted by Gasteiger charge is -2.11. The zero-order valence-corrected chi connectivity index (χ0v) is 18.3. The molecule has 0 saturated carbocycles. The van der Waals surface area contributed by atoms with E-state index in [0.717, 1.165) is 29.2 Å². The lowest BCUT2D eigenvalue weighted by Crippen LogP contribution is -2.14. The normalized spacial score (nSPS) is 11.3. The second-order valence-corrected chi connectivity index (χ2v) is 8.35. The molecule has 4 aromatic rings. The third-order valence-corrected chi connectivity index (χ3v) is 6.24. The Bertz CT molecular complexity index is 1160. The molecule has 0 amide bonds. The Morgan fingerprint density at radius 2 is 1.55 bits per heavy atom. The zero-order chi connectivity index (χ0) is 20.4. The van der Waals surface area contributed by atoms with Crippen molar-refractivity contribution in [3.05, 3.63) is 104 Å². The Labute approximate surface area is 186 Å². The number of nitrogens with zero attached hydrogens (tertiary/aromatic N) is 1. The quantitative estimate of drug-likeness (QED) is 0.332. The predicted molar refractivity (Wildman–Crippen MR) is 124 cm³/mol. The number of hydrogen-bond donors (Lipinski definition) is 1. The molecule has 0 radical (unpaired) electrons. The number of benzene rings is 3. The summed E-state index contributed by atoms with van der Waals surface area (Å²) in [6.07, 6.45) is 0. The Morgan fingerprint density at radius 3 is 2.34 bits per heavy atom. The van der Waals surface area contributed by atoms with Crippen LogP contribution in [0.25, 0.3) is 10.9 Å². The van der Waals surface area contributed by atoms with Gasteiger partial charge in [-0.25, -0.2) is 0 Å². The molecular weight excluding hydrogens is 423 g/mol. The first kappa shape index (κ1) is 20.3. The van der Waals surface area contributed by atoms with Crippen molar-refractivity contribution in [3.8, 4) is 0 Å². The molecule has 1 aromatic heterocycles. The van der Waals surface area contributed by atoms with Gasteiger partial charge < -0.3 is 9.88 Å². The maximum atomic E-state index is 6.43. The van der Waals surface area contributed by atoms with Crippen LogP contribution in [-0.4, -0.2) is 4.57 Å². The van der Waals surface area contributed by atoms with Crippen molar-refractivity contribution >= 4 is 45.7 Å². The highest BCUT2D eigenvalue weighted by molar-refractivity contribution is 6.35. The van der Waals surface area contributed by atoms with Crippen LogP contribution in [0, 0.1) is 6.92 Å². The molecule has 2 nitrogen and oxygen atoms in total. The van der Waals surface area contributed by atoms with Crippen LogP contribution in [0.15, 0.2) is 66.7 Å². The Balaban J connectivity index is 1.63. The van der Waals surface area contributed by atoms with Crippen LogP contribution >= 0.6 is 34.8 Å². The first-order valence-corrected chi connectivity index (χ1v) is 10.6. The fraction of sp³-hybridized carbons (Fsp3) is 0.167. The molecular formula is C24H21Cl3N2. The van der Waals surface area contributed by atoms with Gasteiger partial charge in [-0.2, -0.15) is 0 Å². The fourth-order valence-electron chi connectivity index (χ4n) is 3.71. The molecule has 0 atom stereocenters. The van der Waals surface area contributed by atoms with Gasteiger partial charge in [0.1, 0.15) is 0 Å². The third-order valence-electron chi connectivity index (χ3n) is 5.28. The summed E-state index contributed by atoms with van der Waals surface area (Å²) in [6, 6.07) is 22.1. The van der Waals surface area contributed by atoms with Crippen LogP contribution < -0.4 is 5.32 Å². The van der Waals surface area contributed by atoms with Gasteiger partial charge in [0, 0.05) is 51.3 Å². The van der Waals surface area contributed by atoms with Crippen LogP contribution in [0.1, 0.15) is 22.4 Å². The van der Waals surface area contributed by atoms with Gasteiger partial charge in [0.05, 0.1) is 0 Å². The molecule has 0 fully saturated rings. The van der Waals surface area contributed by atoms with E-state index < -0.39 is 0 Å². The molecule has 0 spiro atoms. The van der Waals surface area contributed by atoms with Crippen LogP contribution in [0.5, 0.6) is 0 Å². The van der Waals surface area contributed by atoms with Gasteiger partial charge in [-0.3, -0.25) is 0 Å². The predicted octanol–water partition coefficient (Wildman–Crippen LogP) is 7.25. The molecule has 0 bridgehead atoms. The second-order valence-electron chi connectivity index (χ2n) is 7.10. The maximum Gasteiger partial charge on any atom is 0.0493 e. The standard InChI is InChI=1S/C24H21Cl3N2/c1-16-21(14-28-13-17-6-2-4-8-22(17)26)20-7-3-5-9-24(20)29(16)15-18-10-11-19(25)12-23(18)27/h2-12,28H,13-15H2,1H3. The van der Waals surface area contributed by atoms with Crippen molar-refractivity contribution < 1.29 is 0 Å². The molecule has 29 heavy (non-hydrogen) atoms. The highest BCUT2D eigenvalue weighted by atomic mass is 35.5. The Hall–Kier alpha value is -1.97. The van der Waals surface area contributed by atoms with Gasteiger partial charge in [-0.15, -0.1) is 0 Å². The first-order valence-electron chi connectivity index (χ1n) is 9.49. The molecule has 0 unspecified atom stereocenters. The summed E-state index contributed by atoms with van der Waals surface area (Å²) in [5.74, 6) is 0. The molecule has 3 aromatic carbocycles. The first-order chi connectivity index (χ1) is 14.0. The summed E-state index contributed by atoms with van der Waals surface area (Å²) >= 11 is 18.8. The Kier molecular flexibility index (Phi) is 6.17. The summed E-state index contributed by atoms with van der Waals surface area (Å²) in [5, 5.41) is 6.92. The number of aromatic nitrogens is 1. The SMILES string of the molecule is Cc1c(CNCc2ccccc2Cl)c2ccccc2n1Cc1ccc(Cl)cc1Cl. The van der Waals surface area contributed by atoms with Gasteiger partial charge in [-0.05, 0) is 47.9 Å². The molecule has 5 heteroatoms. The van der Waals surface area contributed by atoms with E-state index in [1.165, 1.54) is 22.2 Å². The highest BCUT2D eigenvalue weighted by Crippen LogP contribution is 2.29. The maximum absolute atomic E-state index is 6.43. The van der Waals surface area contributed by atoms with Crippen molar-refractivity contribution in [3.63, 3.8) is 0 Å². The lowest BCUT2D eigenvalue weighted by molar-refractivity contribution is 0.686. The molecule has 148 valence electrons. The third kappa shape index (κ3) is 4.31. The minimum Gasteiger partial charge on any atom is -0.340 e. The van der Waals surface area contributed by atoms with Gasteiger partial charge in [-0.1, -0.05) is 77.3 Å².